The molecule has 3 N–H and O–H groups in total. The Labute approximate surface area is 120 Å². The fraction of sp³-hybridized carbons (Fsp3) is 0.562. The number of amides is 1. The second-order valence-corrected chi connectivity index (χ2v) is 5.75. The number of hydrogen-bond acceptors (Lipinski definition) is 3. The van der Waals surface area contributed by atoms with E-state index in [1.165, 1.54) is 0 Å². The van der Waals surface area contributed by atoms with Gasteiger partial charge in [-0.05, 0) is 38.8 Å². The van der Waals surface area contributed by atoms with Gasteiger partial charge in [-0.25, -0.2) is 0 Å². The monoisotopic (exact) mass is 276 g/mol. The molecular formula is C16H24N2O2. The summed E-state index contributed by atoms with van der Waals surface area (Å²) in [6, 6.07) is 8.13. The lowest BCUT2D eigenvalue weighted by Crippen LogP contribution is -2.43. The molecule has 1 fully saturated rings. The van der Waals surface area contributed by atoms with Crippen LogP contribution >= 0.6 is 0 Å². The van der Waals surface area contributed by atoms with Crippen LogP contribution in [0.2, 0.25) is 0 Å². The van der Waals surface area contributed by atoms with Gasteiger partial charge in [-0.15, -0.1) is 0 Å². The molecule has 20 heavy (non-hydrogen) atoms. The first kappa shape index (κ1) is 15.0. The highest BCUT2D eigenvalue weighted by Gasteiger charge is 2.24. The minimum absolute atomic E-state index is 0.0597. The highest BCUT2D eigenvalue weighted by Crippen LogP contribution is 2.17. The molecule has 3 atom stereocenters. The molecule has 1 aliphatic heterocycles. The number of aliphatic hydroxyl groups is 1. The van der Waals surface area contributed by atoms with Crippen LogP contribution in [0.15, 0.2) is 24.3 Å². The Bertz CT molecular complexity index is 444. The first-order valence-electron chi connectivity index (χ1n) is 7.32. The first-order chi connectivity index (χ1) is 9.56. The average molecular weight is 276 g/mol. The van der Waals surface area contributed by atoms with E-state index in [9.17, 15) is 9.90 Å². The zero-order valence-corrected chi connectivity index (χ0v) is 12.2. The molecule has 0 aromatic heterocycles. The van der Waals surface area contributed by atoms with E-state index in [2.05, 4.69) is 17.6 Å². The molecule has 4 nitrogen and oxygen atoms in total. The van der Waals surface area contributed by atoms with E-state index in [1.54, 1.807) is 0 Å². The summed E-state index contributed by atoms with van der Waals surface area (Å²) >= 11 is 0. The maximum absolute atomic E-state index is 12.1. The molecule has 1 aliphatic rings. The molecule has 1 unspecified atom stereocenters. The Hall–Kier alpha value is -1.39. The van der Waals surface area contributed by atoms with Crippen LogP contribution in [0.1, 0.15) is 37.0 Å². The molecule has 0 saturated carbocycles. The number of hydrogen-bond donors (Lipinski definition) is 3. The Balaban J connectivity index is 1.82. The lowest BCUT2D eigenvalue weighted by Gasteiger charge is -2.27. The van der Waals surface area contributed by atoms with Crippen LogP contribution in [-0.2, 0) is 4.79 Å². The third-order valence-electron chi connectivity index (χ3n) is 3.93. The molecule has 110 valence electrons. The van der Waals surface area contributed by atoms with Crippen molar-refractivity contribution in [1.82, 2.24) is 10.6 Å². The molecule has 0 spiro atoms. The van der Waals surface area contributed by atoms with Crippen molar-refractivity contribution in [3.05, 3.63) is 35.4 Å². The lowest BCUT2D eigenvalue weighted by molar-refractivity contribution is -0.126. The molecule has 1 saturated heterocycles. The van der Waals surface area contributed by atoms with Gasteiger partial charge in [0.15, 0.2) is 0 Å². The van der Waals surface area contributed by atoms with E-state index in [-0.39, 0.29) is 18.4 Å². The van der Waals surface area contributed by atoms with E-state index in [4.69, 9.17) is 0 Å². The van der Waals surface area contributed by atoms with Gasteiger partial charge in [0.05, 0.1) is 6.10 Å². The second kappa shape index (κ2) is 6.86. The summed E-state index contributed by atoms with van der Waals surface area (Å²) in [5.41, 5.74) is 2.00. The molecule has 1 amide bonds. The van der Waals surface area contributed by atoms with Crippen LogP contribution in [0.25, 0.3) is 0 Å². The summed E-state index contributed by atoms with van der Waals surface area (Å²) in [5, 5.41) is 16.3. The van der Waals surface area contributed by atoms with Gasteiger partial charge >= 0.3 is 0 Å². The highest BCUT2D eigenvalue weighted by molar-refractivity contribution is 5.78. The van der Waals surface area contributed by atoms with E-state index < -0.39 is 6.10 Å². The van der Waals surface area contributed by atoms with Crippen LogP contribution in [0.5, 0.6) is 0 Å². The van der Waals surface area contributed by atoms with Crippen LogP contribution in [0.3, 0.4) is 0 Å². The third-order valence-corrected chi connectivity index (χ3v) is 3.93. The van der Waals surface area contributed by atoms with Crippen LogP contribution < -0.4 is 10.6 Å². The first-order valence-corrected chi connectivity index (χ1v) is 7.32. The average Bonchev–Trinajstić information content (AvgIpc) is 2.45. The highest BCUT2D eigenvalue weighted by atomic mass is 16.3. The Morgan fingerprint density at radius 1 is 1.45 bits per heavy atom. The predicted octanol–water partition coefficient (Wildman–Crippen LogP) is 1.53. The van der Waals surface area contributed by atoms with E-state index in [0.717, 1.165) is 30.5 Å². The van der Waals surface area contributed by atoms with Crippen molar-refractivity contribution >= 4 is 5.91 Å². The zero-order valence-electron chi connectivity index (χ0n) is 12.2. The van der Waals surface area contributed by atoms with Crippen molar-refractivity contribution < 1.29 is 9.90 Å². The number of aryl methyl sites for hydroxylation is 1. The van der Waals surface area contributed by atoms with Gasteiger partial charge < -0.3 is 15.7 Å². The van der Waals surface area contributed by atoms with E-state index in [1.807, 2.05) is 31.2 Å². The lowest BCUT2D eigenvalue weighted by atomic mass is 9.92. The zero-order chi connectivity index (χ0) is 14.5. The minimum atomic E-state index is -0.640. The molecule has 1 aromatic carbocycles. The molecule has 0 radical (unpaired) electrons. The topological polar surface area (TPSA) is 61.4 Å². The number of carbonyl (C=O) groups is 1. The molecule has 2 rings (SSSR count). The summed E-state index contributed by atoms with van der Waals surface area (Å²) in [4.78, 5) is 12.1. The smallest absolute Gasteiger partial charge is 0.223 e. The molecule has 1 aromatic rings. The van der Waals surface area contributed by atoms with Crippen LogP contribution in [0, 0.1) is 12.8 Å². The van der Waals surface area contributed by atoms with Gasteiger partial charge in [-0.3, -0.25) is 4.79 Å². The Morgan fingerprint density at radius 3 is 2.80 bits per heavy atom. The van der Waals surface area contributed by atoms with Crippen molar-refractivity contribution in [2.24, 2.45) is 5.92 Å². The predicted molar refractivity (Wildman–Crippen MR) is 79.3 cm³/mol. The maximum Gasteiger partial charge on any atom is 0.223 e. The normalized spacial score (nSPS) is 24.1. The number of aliphatic hydroxyl groups excluding tert-OH is 1. The van der Waals surface area contributed by atoms with Crippen molar-refractivity contribution in [2.45, 2.75) is 38.8 Å². The Morgan fingerprint density at radius 2 is 2.15 bits per heavy atom. The fourth-order valence-electron chi connectivity index (χ4n) is 2.62. The molecule has 0 aliphatic carbocycles. The summed E-state index contributed by atoms with van der Waals surface area (Å²) in [6.45, 7) is 5.27. The van der Waals surface area contributed by atoms with Gasteiger partial charge in [0.25, 0.3) is 0 Å². The number of carbonyl (C=O) groups excluding carboxylic acids is 1. The molecular weight excluding hydrogens is 252 g/mol. The van der Waals surface area contributed by atoms with Gasteiger partial charge in [-0.2, -0.15) is 0 Å². The molecule has 0 bridgehead atoms. The SMILES string of the molecule is Cc1ccc(C(O)CNC(=O)[C@H]2CCN[C@@H](C)C2)cc1. The third kappa shape index (κ3) is 4.05. The van der Waals surface area contributed by atoms with Crippen molar-refractivity contribution in [1.29, 1.82) is 0 Å². The number of rotatable bonds is 4. The molecule has 1 heterocycles. The van der Waals surface area contributed by atoms with Crippen LogP contribution in [-0.4, -0.2) is 30.1 Å². The number of nitrogens with one attached hydrogen (secondary N) is 2. The van der Waals surface area contributed by atoms with Gasteiger partial charge in [-0.1, -0.05) is 29.8 Å². The quantitative estimate of drug-likeness (QED) is 0.781. The van der Waals surface area contributed by atoms with Gasteiger partial charge in [0.1, 0.15) is 0 Å². The molecule has 4 heteroatoms. The van der Waals surface area contributed by atoms with Crippen LogP contribution in [0.4, 0.5) is 0 Å². The summed E-state index contributed by atoms with van der Waals surface area (Å²) < 4.78 is 0. The summed E-state index contributed by atoms with van der Waals surface area (Å²) in [5.74, 6) is 0.126. The standard InChI is InChI=1S/C16H24N2O2/c1-11-3-5-13(6-4-11)15(19)10-18-16(20)14-7-8-17-12(2)9-14/h3-6,12,14-15,17,19H,7-10H2,1-2H3,(H,18,20)/t12-,14-,15?/m0/s1. The van der Waals surface area contributed by atoms with E-state index in [0.29, 0.717) is 6.04 Å². The van der Waals surface area contributed by atoms with Gasteiger partial charge in [0, 0.05) is 18.5 Å². The van der Waals surface area contributed by atoms with Crippen molar-refractivity contribution in [3.63, 3.8) is 0 Å². The second-order valence-electron chi connectivity index (χ2n) is 5.75. The fourth-order valence-corrected chi connectivity index (χ4v) is 2.62. The Kier molecular flexibility index (Phi) is 5.15. The maximum atomic E-state index is 12.1. The summed E-state index contributed by atoms with van der Waals surface area (Å²) in [6.07, 6.45) is 1.10. The summed E-state index contributed by atoms with van der Waals surface area (Å²) in [7, 11) is 0. The minimum Gasteiger partial charge on any atom is -0.387 e. The van der Waals surface area contributed by atoms with Crippen molar-refractivity contribution in [3.8, 4) is 0 Å². The van der Waals surface area contributed by atoms with E-state index >= 15 is 0 Å². The van der Waals surface area contributed by atoms with Crippen molar-refractivity contribution in [2.75, 3.05) is 13.1 Å². The van der Waals surface area contributed by atoms with Gasteiger partial charge in [0.2, 0.25) is 5.91 Å². The largest absolute Gasteiger partial charge is 0.387 e. The number of benzene rings is 1. The number of piperidine rings is 1.